The molecule has 4 saturated carbocycles. The van der Waals surface area contributed by atoms with Crippen LogP contribution in [0.2, 0.25) is 5.02 Å². The van der Waals surface area contributed by atoms with Gasteiger partial charge in [0.2, 0.25) is 0 Å². The van der Waals surface area contributed by atoms with E-state index in [2.05, 4.69) is 5.32 Å². The Morgan fingerprint density at radius 1 is 0.967 bits per heavy atom. The third-order valence-electron chi connectivity index (χ3n) is 7.43. The van der Waals surface area contributed by atoms with Gasteiger partial charge in [-0.2, -0.15) is 0 Å². The Morgan fingerprint density at radius 3 is 2.33 bits per heavy atom. The summed E-state index contributed by atoms with van der Waals surface area (Å²) < 4.78 is 25.2. The van der Waals surface area contributed by atoms with Crippen molar-refractivity contribution in [3.05, 3.63) is 58.4 Å². The van der Waals surface area contributed by atoms with Crippen molar-refractivity contribution in [1.82, 2.24) is 5.32 Å². The second-order valence-corrected chi connectivity index (χ2v) is 9.72. The number of hydrogen-bond acceptors (Lipinski definition) is 3. The summed E-state index contributed by atoms with van der Waals surface area (Å²) in [5.41, 5.74) is 1.52. The van der Waals surface area contributed by atoms with Gasteiger partial charge in [-0.3, -0.25) is 0 Å². The molecule has 0 heterocycles. The lowest BCUT2D eigenvalue weighted by Gasteiger charge is -2.54. The third kappa shape index (κ3) is 3.92. The SMILES string of the molecule is COc1cc(CNC2C3CC4CC(C3)CC2C4)c(Cl)cc1OCc1ccccc1F. The fraction of sp³-hybridized carbons (Fsp3) is 0.520. The van der Waals surface area contributed by atoms with Crippen LogP contribution in [0, 0.1) is 29.5 Å². The van der Waals surface area contributed by atoms with E-state index in [9.17, 15) is 4.39 Å². The quantitative estimate of drug-likeness (QED) is 0.587. The standard InChI is InChI=1S/C25H29ClFNO2/c1-29-23-11-20(13-28-25-18-7-15-6-16(9-18)10-19(25)8-15)21(26)12-24(23)30-14-17-4-2-3-5-22(17)27/h2-5,11-12,15-16,18-19,25,28H,6-10,13-14H2,1H3. The molecule has 0 aromatic heterocycles. The van der Waals surface area contributed by atoms with Crippen LogP contribution in [0.15, 0.2) is 36.4 Å². The smallest absolute Gasteiger partial charge is 0.163 e. The molecule has 1 N–H and O–H groups in total. The van der Waals surface area contributed by atoms with Crippen molar-refractivity contribution in [3.8, 4) is 11.5 Å². The first-order valence-corrected chi connectivity index (χ1v) is 11.4. The van der Waals surface area contributed by atoms with Crippen molar-refractivity contribution >= 4 is 11.6 Å². The molecule has 0 atom stereocenters. The predicted octanol–water partition coefficient (Wildman–Crippen LogP) is 5.98. The molecule has 3 nitrogen and oxygen atoms in total. The molecule has 4 aliphatic rings. The summed E-state index contributed by atoms with van der Waals surface area (Å²) in [5, 5.41) is 4.48. The van der Waals surface area contributed by atoms with Gasteiger partial charge in [0.25, 0.3) is 0 Å². The minimum atomic E-state index is -0.279. The molecular weight excluding hydrogens is 401 g/mol. The summed E-state index contributed by atoms with van der Waals surface area (Å²) in [6.45, 7) is 0.862. The van der Waals surface area contributed by atoms with Gasteiger partial charge in [0.15, 0.2) is 11.5 Å². The van der Waals surface area contributed by atoms with Gasteiger partial charge in [0.05, 0.1) is 7.11 Å². The van der Waals surface area contributed by atoms with Gasteiger partial charge in [-0.25, -0.2) is 4.39 Å². The molecule has 0 unspecified atom stereocenters. The molecule has 2 aromatic carbocycles. The molecule has 0 radical (unpaired) electrons. The van der Waals surface area contributed by atoms with Crippen molar-refractivity contribution in [1.29, 1.82) is 0 Å². The van der Waals surface area contributed by atoms with Crippen LogP contribution in [-0.2, 0) is 13.2 Å². The molecule has 2 aromatic rings. The van der Waals surface area contributed by atoms with Gasteiger partial charge < -0.3 is 14.8 Å². The average molecular weight is 430 g/mol. The van der Waals surface area contributed by atoms with Gasteiger partial charge in [0.1, 0.15) is 12.4 Å². The van der Waals surface area contributed by atoms with Crippen molar-refractivity contribution in [2.75, 3.05) is 7.11 Å². The summed E-state index contributed by atoms with van der Waals surface area (Å²) in [5.74, 6) is 4.47. The van der Waals surface area contributed by atoms with Crippen LogP contribution in [0.25, 0.3) is 0 Å². The monoisotopic (exact) mass is 429 g/mol. The number of halogens is 2. The topological polar surface area (TPSA) is 30.5 Å². The van der Waals surface area contributed by atoms with E-state index in [-0.39, 0.29) is 12.4 Å². The van der Waals surface area contributed by atoms with Crippen LogP contribution < -0.4 is 14.8 Å². The number of hydrogen-bond donors (Lipinski definition) is 1. The summed E-state index contributed by atoms with van der Waals surface area (Å²) >= 11 is 6.59. The van der Waals surface area contributed by atoms with Crippen LogP contribution in [-0.4, -0.2) is 13.2 Å². The Balaban J connectivity index is 1.26. The van der Waals surface area contributed by atoms with Gasteiger partial charge in [-0.1, -0.05) is 29.8 Å². The number of methoxy groups -OCH3 is 1. The Kier molecular flexibility index (Phi) is 5.63. The van der Waals surface area contributed by atoms with Crippen molar-refractivity contribution in [3.63, 3.8) is 0 Å². The fourth-order valence-corrected chi connectivity index (χ4v) is 6.46. The van der Waals surface area contributed by atoms with Gasteiger partial charge in [-0.05, 0) is 73.5 Å². The lowest BCUT2D eigenvalue weighted by Crippen LogP contribution is -2.54. The van der Waals surface area contributed by atoms with E-state index in [1.807, 2.05) is 6.07 Å². The maximum Gasteiger partial charge on any atom is 0.163 e. The molecule has 4 fully saturated rings. The zero-order valence-corrected chi connectivity index (χ0v) is 18.1. The van der Waals surface area contributed by atoms with E-state index in [0.29, 0.717) is 28.1 Å². The first-order chi connectivity index (χ1) is 14.6. The fourth-order valence-electron chi connectivity index (χ4n) is 6.24. The molecule has 0 saturated heterocycles. The molecular formula is C25H29ClFNO2. The molecule has 0 amide bonds. The Hall–Kier alpha value is -1.78. The number of rotatable bonds is 7. The van der Waals surface area contributed by atoms with Crippen LogP contribution >= 0.6 is 11.6 Å². The molecule has 0 aliphatic heterocycles. The molecule has 5 heteroatoms. The van der Waals surface area contributed by atoms with Crippen LogP contribution in [0.5, 0.6) is 11.5 Å². The van der Waals surface area contributed by atoms with Crippen molar-refractivity contribution < 1.29 is 13.9 Å². The summed E-state index contributed by atoms with van der Waals surface area (Å²) in [4.78, 5) is 0. The van der Waals surface area contributed by atoms with E-state index >= 15 is 0 Å². The third-order valence-corrected chi connectivity index (χ3v) is 7.78. The maximum atomic E-state index is 13.9. The normalized spacial score (nSPS) is 29.2. The lowest BCUT2D eigenvalue weighted by molar-refractivity contribution is -0.0142. The lowest BCUT2D eigenvalue weighted by atomic mass is 9.54. The number of nitrogens with one attached hydrogen (secondary N) is 1. The molecule has 4 bridgehead atoms. The van der Waals surface area contributed by atoms with Crippen molar-refractivity contribution in [2.45, 2.75) is 51.3 Å². The number of benzene rings is 2. The molecule has 6 rings (SSSR count). The highest BCUT2D eigenvalue weighted by Gasteiger charge is 2.47. The van der Waals surface area contributed by atoms with E-state index in [4.69, 9.17) is 21.1 Å². The molecule has 160 valence electrons. The average Bonchev–Trinajstić information content (AvgIpc) is 2.73. The first-order valence-electron chi connectivity index (χ1n) is 11.1. The van der Waals surface area contributed by atoms with Crippen LogP contribution in [0.4, 0.5) is 4.39 Å². The van der Waals surface area contributed by atoms with Crippen LogP contribution in [0.3, 0.4) is 0 Å². The van der Waals surface area contributed by atoms with E-state index in [1.165, 1.54) is 38.2 Å². The molecule has 0 spiro atoms. The Bertz CT molecular complexity index is 890. The van der Waals surface area contributed by atoms with E-state index in [0.717, 1.165) is 35.8 Å². The van der Waals surface area contributed by atoms with E-state index < -0.39 is 0 Å². The van der Waals surface area contributed by atoms with Gasteiger partial charge in [0, 0.05) is 29.2 Å². The molecule has 30 heavy (non-hydrogen) atoms. The van der Waals surface area contributed by atoms with Gasteiger partial charge >= 0.3 is 0 Å². The summed E-state index contributed by atoms with van der Waals surface area (Å²) in [6.07, 6.45) is 7.04. The largest absolute Gasteiger partial charge is 0.493 e. The first kappa shape index (κ1) is 20.1. The summed E-state index contributed by atoms with van der Waals surface area (Å²) in [7, 11) is 1.62. The Morgan fingerprint density at radius 2 is 1.67 bits per heavy atom. The summed E-state index contributed by atoms with van der Waals surface area (Å²) in [6, 6.07) is 11.0. The number of ether oxygens (including phenoxy) is 2. The zero-order chi connectivity index (χ0) is 20.7. The van der Waals surface area contributed by atoms with Gasteiger partial charge in [-0.15, -0.1) is 0 Å². The minimum Gasteiger partial charge on any atom is -0.493 e. The maximum absolute atomic E-state index is 13.9. The highest BCUT2D eigenvalue weighted by atomic mass is 35.5. The Labute approximate surface area is 182 Å². The second kappa shape index (κ2) is 8.39. The zero-order valence-electron chi connectivity index (χ0n) is 17.4. The highest BCUT2D eigenvalue weighted by Crippen LogP contribution is 2.53. The van der Waals surface area contributed by atoms with Crippen LogP contribution in [0.1, 0.15) is 43.2 Å². The highest BCUT2D eigenvalue weighted by molar-refractivity contribution is 6.31. The van der Waals surface area contributed by atoms with E-state index in [1.54, 1.807) is 31.4 Å². The molecule has 4 aliphatic carbocycles. The predicted molar refractivity (Wildman–Crippen MR) is 116 cm³/mol. The van der Waals surface area contributed by atoms with Crippen molar-refractivity contribution in [2.24, 2.45) is 23.7 Å². The second-order valence-electron chi connectivity index (χ2n) is 9.31. The minimum absolute atomic E-state index is 0.130.